The van der Waals surface area contributed by atoms with Crippen molar-refractivity contribution in [3.63, 3.8) is 0 Å². The zero-order valence-corrected chi connectivity index (χ0v) is 18.2. The van der Waals surface area contributed by atoms with Gasteiger partial charge in [-0.05, 0) is 51.0 Å². The Balaban J connectivity index is 2.20. The number of rotatable bonds is 2. The van der Waals surface area contributed by atoms with Gasteiger partial charge in [0, 0.05) is 17.9 Å². The van der Waals surface area contributed by atoms with E-state index in [1.54, 1.807) is 0 Å². The second-order valence-electron chi connectivity index (χ2n) is 9.66. The van der Waals surface area contributed by atoms with E-state index in [-0.39, 0.29) is 35.5 Å². The maximum absolute atomic E-state index is 13.6. The molecule has 1 fully saturated rings. The highest BCUT2D eigenvalue weighted by Gasteiger charge is 2.64. The van der Waals surface area contributed by atoms with Gasteiger partial charge >= 0.3 is 0 Å². The molecule has 7 atom stereocenters. The minimum Gasteiger partial charge on any atom is -0.390 e. The zero-order valence-electron chi connectivity index (χ0n) is 18.2. The maximum atomic E-state index is 13.6. The van der Waals surface area contributed by atoms with E-state index in [1.165, 1.54) is 17.7 Å². The fourth-order valence-electron chi connectivity index (χ4n) is 5.53. The molecule has 0 radical (unpaired) electrons. The van der Waals surface area contributed by atoms with Crippen LogP contribution in [0.4, 0.5) is 0 Å². The minimum absolute atomic E-state index is 0.0599. The lowest BCUT2D eigenvalue weighted by Crippen LogP contribution is -2.51. The van der Waals surface area contributed by atoms with E-state index in [9.17, 15) is 19.8 Å². The van der Waals surface area contributed by atoms with Gasteiger partial charge in [-0.15, -0.1) is 0 Å². The summed E-state index contributed by atoms with van der Waals surface area (Å²) >= 11 is 0. The van der Waals surface area contributed by atoms with Crippen molar-refractivity contribution in [3.05, 3.63) is 35.5 Å². The molecule has 0 aromatic heterocycles. The minimum atomic E-state index is -1.20. The van der Waals surface area contributed by atoms with Crippen molar-refractivity contribution in [2.24, 2.45) is 29.1 Å². The molecule has 160 valence electrons. The lowest BCUT2D eigenvalue weighted by molar-refractivity contribution is -0.142. The van der Waals surface area contributed by atoms with Gasteiger partial charge in [-0.25, -0.2) is 0 Å². The molecule has 0 bridgehead atoms. The van der Waals surface area contributed by atoms with Gasteiger partial charge in [0.1, 0.15) is 5.41 Å². The molecular formula is C24H35NO4. The number of hydrogen-bond donors (Lipinski definition) is 3. The van der Waals surface area contributed by atoms with Crippen LogP contribution in [0.5, 0.6) is 0 Å². The molecule has 2 aliphatic carbocycles. The number of hydrogen-bond acceptors (Lipinski definition) is 4. The van der Waals surface area contributed by atoms with E-state index in [0.29, 0.717) is 18.8 Å². The summed E-state index contributed by atoms with van der Waals surface area (Å²) in [7, 11) is 0. The Morgan fingerprint density at radius 1 is 1.21 bits per heavy atom. The second-order valence-corrected chi connectivity index (χ2v) is 9.66. The average molecular weight is 402 g/mol. The van der Waals surface area contributed by atoms with Crippen molar-refractivity contribution in [3.8, 4) is 0 Å². The first-order valence-corrected chi connectivity index (χ1v) is 10.8. The van der Waals surface area contributed by atoms with Crippen LogP contribution in [-0.2, 0) is 9.59 Å². The molecule has 0 aromatic rings. The van der Waals surface area contributed by atoms with Crippen LogP contribution in [-0.4, -0.2) is 40.2 Å². The first-order chi connectivity index (χ1) is 13.6. The Hall–Kier alpha value is -1.72. The third kappa shape index (κ3) is 3.75. The number of ketones is 1. The summed E-state index contributed by atoms with van der Waals surface area (Å²) in [6.07, 6.45) is 6.60. The quantitative estimate of drug-likeness (QED) is 0.490. The highest BCUT2D eigenvalue weighted by molar-refractivity contribution is 6.13. The van der Waals surface area contributed by atoms with Gasteiger partial charge in [-0.2, -0.15) is 0 Å². The number of amides is 1. The van der Waals surface area contributed by atoms with Gasteiger partial charge in [-0.3, -0.25) is 9.59 Å². The third-order valence-corrected chi connectivity index (χ3v) is 7.15. The smallest absolute Gasteiger partial charge is 0.235 e. The Kier molecular flexibility index (Phi) is 6.21. The normalized spacial score (nSPS) is 43.4. The van der Waals surface area contributed by atoms with Crippen molar-refractivity contribution >= 4 is 11.7 Å². The van der Waals surface area contributed by atoms with Crippen molar-refractivity contribution in [2.75, 3.05) is 0 Å². The number of aliphatic hydroxyl groups excluding tert-OH is 2. The molecule has 5 nitrogen and oxygen atoms in total. The first-order valence-electron chi connectivity index (χ1n) is 10.8. The summed E-state index contributed by atoms with van der Waals surface area (Å²) in [4.78, 5) is 27.1. The molecule has 1 aliphatic heterocycles. The monoisotopic (exact) mass is 401 g/mol. The summed E-state index contributed by atoms with van der Waals surface area (Å²) in [6.45, 7) is 10.4. The molecule has 0 saturated carbocycles. The van der Waals surface area contributed by atoms with E-state index >= 15 is 0 Å². The number of aliphatic hydroxyl groups is 2. The van der Waals surface area contributed by atoms with Gasteiger partial charge in [-0.1, -0.05) is 50.1 Å². The van der Waals surface area contributed by atoms with Crippen LogP contribution in [0.25, 0.3) is 0 Å². The van der Waals surface area contributed by atoms with E-state index < -0.39 is 17.6 Å². The van der Waals surface area contributed by atoms with Gasteiger partial charge in [0.2, 0.25) is 5.91 Å². The number of nitrogens with one attached hydrogen (secondary N) is 1. The van der Waals surface area contributed by atoms with Crippen LogP contribution in [0, 0.1) is 29.1 Å². The molecule has 3 aliphatic rings. The van der Waals surface area contributed by atoms with Crippen LogP contribution in [0.15, 0.2) is 35.5 Å². The second kappa shape index (κ2) is 8.19. The molecule has 0 aromatic carbocycles. The number of allylic oxidation sites excluding steroid dienone is 5. The predicted octanol–water partition coefficient (Wildman–Crippen LogP) is 2.93. The fourth-order valence-corrected chi connectivity index (χ4v) is 5.53. The molecule has 3 rings (SSSR count). The van der Waals surface area contributed by atoms with Crippen molar-refractivity contribution < 1.29 is 19.8 Å². The van der Waals surface area contributed by atoms with Crippen LogP contribution in [0.1, 0.15) is 53.9 Å². The average Bonchev–Trinajstić information content (AvgIpc) is 2.93. The third-order valence-electron chi connectivity index (χ3n) is 7.15. The highest BCUT2D eigenvalue weighted by atomic mass is 16.3. The summed E-state index contributed by atoms with van der Waals surface area (Å²) in [5.74, 6) is -0.455. The molecule has 1 amide bonds. The highest BCUT2D eigenvalue weighted by Crippen LogP contribution is 2.55. The van der Waals surface area contributed by atoms with E-state index in [0.717, 1.165) is 12.0 Å². The lowest BCUT2D eigenvalue weighted by Gasteiger charge is -2.44. The van der Waals surface area contributed by atoms with Gasteiger partial charge in [0.05, 0.1) is 12.2 Å². The number of carbonyl (C=O) groups is 2. The molecule has 29 heavy (non-hydrogen) atoms. The zero-order chi connectivity index (χ0) is 21.5. The van der Waals surface area contributed by atoms with Crippen LogP contribution in [0.3, 0.4) is 0 Å². The van der Waals surface area contributed by atoms with Crippen LogP contribution in [0.2, 0.25) is 0 Å². The summed E-state index contributed by atoms with van der Waals surface area (Å²) < 4.78 is 0. The van der Waals surface area contributed by atoms with Crippen molar-refractivity contribution in [1.29, 1.82) is 0 Å². The van der Waals surface area contributed by atoms with Crippen LogP contribution >= 0.6 is 0 Å². The van der Waals surface area contributed by atoms with Crippen molar-refractivity contribution in [1.82, 2.24) is 5.32 Å². The van der Waals surface area contributed by atoms with Crippen LogP contribution < -0.4 is 5.32 Å². The summed E-state index contributed by atoms with van der Waals surface area (Å²) in [5.41, 5.74) is 1.02. The van der Waals surface area contributed by atoms with Gasteiger partial charge < -0.3 is 15.5 Å². The Bertz CT molecular complexity index is 765. The molecule has 5 heteroatoms. The largest absolute Gasteiger partial charge is 0.390 e. The van der Waals surface area contributed by atoms with E-state index in [4.69, 9.17) is 0 Å². The maximum Gasteiger partial charge on any atom is 0.235 e. The molecule has 3 N–H and O–H groups in total. The summed E-state index contributed by atoms with van der Waals surface area (Å²) in [6, 6.07) is -0.0599. The molecule has 1 spiro atoms. The van der Waals surface area contributed by atoms with E-state index in [1.807, 2.05) is 13.0 Å². The topological polar surface area (TPSA) is 86.6 Å². The van der Waals surface area contributed by atoms with Gasteiger partial charge in [0.15, 0.2) is 5.78 Å². The first kappa shape index (κ1) is 22.0. The van der Waals surface area contributed by atoms with Crippen molar-refractivity contribution in [2.45, 2.75) is 72.1 Å². The van der Waals surface area contributed by atoms with E-state index in [2.05, 4.69) is 39.1 Å². The molecule has 1 saturated heterocycles. The molecule has 1 heterocycles. The Labute approximate surface area is 174 Å². The van der Waals surface area contributed by atoms with Gasteiger partial charge in [0.25, 0.3) is 0 Å². The number of carbonyl (C=O) groups excluding carboxylic acids is 2. The molecular weight excluding hydrogens is 366 g/mol. The fraction of sp³-hybridized carbons (Fsp3) is 0.667. The predicted molar refractivity (Wildman–Crippen MR) is 113 cm³/mol. The SMILES string of the molecule is CC1=C[C@H]2/C=C(\C)CC[C@H](O)[C@H](O)/C=C/C(=O)[C@@]23C(=O)N[C@H](CC(C)C)[C@H]3[C@H]1C. The standard InChI is InChI=1S/C24H35NO4/c1-13(2)10-18-22-16(5)15(4)12-17-11-14(3)6-7-19(26)20(27)8-9-21(28)24(17,22)23(29)25-18/h8-9,11-13,16-20,22,26-27H,6-7,10H2,1-5H3,(H,25,29)/b9-8+,14-11+/t16-,17+,18+,19-,20+,22+,24-/m0/s1. The lowest BCUT2D eigenvalue weighted by atomic mass is 9.55. The molecule has 0 unspecified atom stereocenters. The Morgan fingerprint density at radius 3 is 2.55 bits per heavy atom. The summed E-state index contributed by atoms with van der Waals surface area (Å²) in [5, 5.41) is 23.6. The Morgan fingerprint density at radius 2 is 1.90 bits per heavy atom.